The lowest BCUT2D eigenvalue weighted by Crippen LogP contribution is -2.58. The predicted octanol–water partition coefficient (Wildman–Crippen LogP) is 1.13. The van der Waals surface area contributed by atoms with Crippen molar-refractivity contribution in [3.05, 3.63) is 42.0 Å². The number of carbonyl (C=O) groups excluding carboxylic acids is 2. The number of hydrazine groups is 1. The first-order chi connectivity index (χ1) is 12.1. The molecule has 7 heteroatoms. The third-order valence-electron chi connectivity index (χ3n) is 4.26. The Morgan fingerprint density at radius 2 is 2.12 bits per heavy atom. The first kappa shape index (κ1) is 17.2. The average molecular weight is 342 g/mol. The van der Waals surface area contributed by atoms with Crippen molar-refractivity contribution in [3.63, 3.8) is 0 Å². The van der Waals surface area contributed by atoms with Crippen molar-refractivity contribution in [2.75, 3.05) is 31.8 Å². The molecule has 3 rings (SSSR count). The molecule has 0 bridgehead atoms. The minimum Gasteiger partial charge on any atom is -0.380 e. The summed E-state index contributed by atoms with van der Waals surface area (Å²) >= 11 is 0. The van der Waals surface area contributed by atoms with E-state index in [-0.39, 0.29) is 17.6 Å². The Kier molecular flexibility index (Phi) is 5.14. The summed E-state index contributed by atoms with van der Waals surface area (Å²) in [7, 11) is 1.66. The van der Waals surface area contributed by atoms with Gasteiger partial charge in [0.05, 0.1) is 12.3 Å². The molecular weight excluding hydrogens is 320 g/mol. The minimum absolute atomic E-state index is 0.191. The molecular formula is C18H22N4O3. The van der Waals surface area contributed by atoms with Gasteiger partial charge in [0.1, 0.15) is 6.04 Å². The van der Waals surface area contributed by atoms with Gasteiger partial charge in [0.2, 0.25) is 5.84 Å². The van der Waals surface area contributed by atoms with Crippen molar-refractivity contribution < 1.29 is 14.3 Å². The molecule has 0 aliphatic carbocycles. The molecule has 1 aromatic rings. The predicted molar refractivity (Wildman–Crippen MR) is 95.1 cm³/mol. The monoisotopic (exact) mass is 342 g/mol. The first-order valence-electron chi connectivity index (χ1n) is 8.29. The zero-order chi connectivity index (χ0) is 17.8. The Labute approximate surface area is 146 Å². The molecule has 0 saturated heterocycles. The van der Waals surface area contributed by atoms with Crippen LogP contribution >= 0.6 is 0 Å². The molecule has 0 unspecified atom stereocenters. The van der Waals surface area contributed by atoms with Crippen LogP contribution in [0.2, 0.25) is 0 Å². The quantitative estimate of drug-likeness (QED) is 0.833. The van der Waals surface area contributed by atoms with Gasteiger partial charge in [-0.2, -0.15) is 0 Å². The number of nitrogens with zero attached hydrogens (tertiary/aromatic N) is 3. The van der Waals surface area contributed by atoms with Crippen LogP contribution in [-0.2, 0) is 14.3 Å². The highest BCUT2D eigenvalue weighted by molar-refractivity contribution is 6.39. The van der Waals surface area contributed by atoms with Crippen LogP contribution in [0.3, 0.4) is 0 Å². The highest BCUT2D eigenvalue weighted by atomic mass is 16.5. The van der Waals surface area contributed by atoms with Crippen molar-refractivity contribution in [1.82, 2.24) is 10.3 Å². The summed E-state index contributed by atoms with van der Waals surface area (Å²) in [4.78, 5) is 31.1. The lowest BCUT2D eigenvalue weighted by Gasteiger charge is -2.33. The smallest absolute Gasteiger partial charge is 0.291 e. The molecule has 2 aliphatic rings. The fourth-order valence-electron chi connectivity index (χ4n) is 2.86. The van der Waals surface area contributed by atoms with Gasteiger partial charge in [-0.15, -0.1) is 0 Å². The normalized spacial score (nSPS) is 20.7. The molecule has 7 nitrogen and oxygen atoms in total. The van der Waals surface area contributed by atoms with Crippen molar-refractivity contribution >= 4 is 23.3 Å². The van der Waals surface area contributed by atoms with E-state index in [1.807, 2.05) is 36.4 Å². The summed E-state index contributed by atoms with van der Waals surface area (Å²) in [6.07, 6.45) is 2.79. The number of carbonyl (C=O) groups is 2. The lowest BCUT2D eigenvalue weighted by molar-refractivity contribution is -0.124. The van der Waals surface area contributed by atoms with Gasteiger partial charge in [0.15, 0.2) is 0 Å². The summed E-state index contributed by atoms with van der Waals surface area (Å²) in [5.41, 5.74) is 4.76. The van der Waals surface area contributed by atoms with Crippen LogP contribution in [0.15, 0.2) is 47.0 Å². The fraction of sp³-hybridized carbons (Fsp3) is 0.389. The zero-order valence-corrected chi connectivity index (χ0v) is 14.4. The van der Waals surface area contributed by atoms with Gasteiger partial charge in [-0.25, -0.2) is 10.0 Å². The number of hydrogen-bond donors (Lipinski definition) is 1. The molecule has 0 aromatic heterocycles. The zero-order valence-electron chi connectivity index (χ0n) is 14.4. The van der Waals surface area contributed by atoms with Crippen molar-refractivity contribution in [2.24, 2.45) is 4.99 Å². The van der Waals surface area contributed by atoms with Crippen molar-refractivity contribution in [1.29, 1.82) is 0 Å². The molecule has 2 aliphatic heterocycles. The van der Waals surface area contributed by atoms with Crippen molar-refractivity contribution in [3.8, 4) is 0 Å². The van der Waals surface area contributed by atoms with Crippen LogP contribution in [0, 0.1) is 0 Å². The standard InChI is InChI=1S/C18H22N4O3/c1-13-17(23)22(15-6-4-3-5-7-15)20-16(19-13)18(24)21-10-8-14(9-11-21)12-25-2/h3-8,13H,9-12H2,1-2H3,(H,19,20)/t13-/m1/s1. The second kappa shape index (κ2) is 7.48. The second-order valence-corrected chi connectivity index (χ2v) is 6.07. The van der Waals surface area contributed by atoms with E-state index in [4.69, 9.17) is 4.74 Å². The Morgan fingerprint density at radius 1 is 1.36 bits per heavy atom. The molecule has 0 saturated carbocycles. The number of benzene rings is 1. The maximum absolute atomic E-state index is 12.8. The molecule has 1 atom stereocenters. The Morgan fingerprint density at radius 3 is 2.76 bits per heavy atom. The summed E-state index contributed by atoms with van der Waals surface area (Å²) in [5, 5.41) is 1.39. The summed E-state index contributed by atoms with van der Waals surface area (Å²) in [5.74, 6) is -0.198. The SMILES string of the molecule is COCC1=CCN(C(=O)C2=N[C@H](C)C(=O)N(c3ccccc3)N2)CC1. The number of anilines is 1. The van der Waals surface area contributed by atoms with Gasteiger partial charge < -0.3 is 9.64 Å². The number of amidine groups is 1. The van der Waals surface area contributed by atoms with Gasteiger partial charge in [0.25, 0.3) is 11.8 Å². The van der Waals surface area contributed by atoms with Crippen molar-refractivity contribution in [2.45, 2.75) is 19.4 Å². The van der Waals surface area contributed by atoms with E-state index in [0.29, 0.717) is 25.4 Å². The van der Waals surface area contributed by atoms with Crippen LogP contribution in [0.5, 0.6) is 0 Å². The third-order valence-corrected chi connectivity index (χ3v) is 4.26. The molecule has 1 aromatic carbocycles. The van der Waals surface area contributed by atoms with E-state index >= 15 is 0 Å². The number of aliphatic imine (C=N–C) groups is 1. The number of ether oxygens (including phenoxy) is 1. The van der Waals surface area contributed by atoms with Gasteiger partial charge in [0, 0.05) is 20.2 Å². The maximum atomic E-state index is 12.8. The van der Waals surface area contributed by atoms with E-state index < -0.39 is 6.04 Å². The van der Waals surface area contributed by atoms with E-state index in [1.54, 1.807) is 18.9 Å². The number of amides is 2. The third kappa shape index (κ3) is 3.71. The molecule has 0 spiro atoms. The van der Waals surface area contributed by atoms with E-state index in [9.17, 15) is 9.59 Å². The molecule has 25 heavy (non-hydrogen) atoms. The Hall–Kier alpha value is -2.67. The van der Waals surface area contributed by atoms with Gasteiger partial charge in [-0.1, -0.05) is 24.3 Å². The number of nitrogens with one attached hydrogen (secondary N) is 1. The van der Waals surface area contributed by atoms with Gasteiger partial charge >= 0.3 is 0 Å². The van der Waals surface area contributed by atoms with Crippen LogP contribution < -0.4 is 10.4 Å². The fourth-order valence-corrected chi connectivity index (χ4v) is 2.86. The summed E-state index contributed by atoms with van der Waals surface area (Å²) < 4.78 is 5.13. The molecule has 2 amide bonds. The average Bonchev–Trinajstić information content (AvgIpc) is 2.65. The van der Waals surface area contributed by atoms with Crippen LogP contribution in [0.1, 0.15) is 13.3 Å². The molecule has 132 valence electrons. The number of hydrogen-bond acceptors (Lipinski definition) is 5. The second-order valence-electron chi connectivity index (χ2n) is 6.07. The largest absolute Gasteiger partial charge is 0.380 e. The minimum atomic E-state index is -0.607. The van der Waals surface area contributed by atoms with Gasteiger partial charge in [-0.3, -0.25) is 15.0 Å². The Bertz CT molecular complexity index is 714. The highest BCUT2D eigenvalue weighted by Crippen LogP contribution is 2.17. The van der Waals surface area contributed by atoms with Crippen LogP contribution in [0.4, 0.5) is 5.69 Å². The summed E-state index contributed by atoms with van der Waals surface area (Å²) in [6, 6.07) is 8.57. The van der Waals surface area contributed by atoms with E-state index in [0.717, 1.165) is 6.42 Å². The van der Waals surface area contributed by atoms with Crippen LogP contribution in [-0.4, -0.2) is 55.4 Å². The lowest BCUT2D eigenvalue weighted by atomic mass is 10.1. The van der Waals surface area contributed by atoms with Crippen LogP contribution in [0.25, 0.3) is 0 Å². The molecule has 0 radical (unpaired) electrons. The summed E-state index contributed by atoms with van der Waals surface area (Å²) in [6.45, 7) is 3.42. The van der Waals surface area contributed by atoms with E-state index in [2.05, 4.69) is 10.4 Å². The topological polar surface area (TPSA) is 74.2 Å². The maximum Gasteiger partial charge on any atom is 0.291 e. The number of methoxy groups -OCH3 is 1. The first-order valence-corrected chi connectivity index (χ1v) is 8.29. The Balaban J connectivity index is 1.75. The number of para-hydroxylation sites is 1. The molecule has 2 heterocycles. The molecule has 0 fully saturated rings. The van der Waals surface area contributed by atoms with Gasteiger partial charge in [-0.05, 0) is 31.1 Å². The molecule has 1 N–H and O–H groups in total. The van der Waals surface area contributed by atoms with E-state index in [1.165, 1.54) is 10.6 Å². The number of rotatable bonds is 4. The highest BCUT2D eigenvalue weighted by Gasteiger charge is 2.32.